The summed E-state index contributed by atoms with van der Waals surface area (Å²) < 4.78 is 4.64. The molecule has 0 unspecified atom stereocenters. The van der Waals surface area contributed by atoms with Gasteiger partial charge in [0.15, 0.2) is 0 Å². The number of rotatable bonds is 14. The number of allylic oxidation sites excluding steroid dienone is 2. The normalized spacial score (nSPS) is 13.6. The summed E-state index contributed by atoms with van der Waals surface area (Å²) in [7, 11) is 1.47. The smallest absolute Gasteiger partial charge is 0.305 e. The topological polar surface area (TPSA) is 26.3 Å². The van der Waals surface area contributed by atoms with E-state index in [4.69, 9.17) is 0 Å². The second kappa shape index (κ2) is 11.8. The molecule has 0 saturated carbocycles. The number of carbonyl (C=O) groups is 1. The molecule has 0 aliphatic heterocycles. The maximum Gasteiger partial charge on any atom is 0.305 e. The monoisotopic (exact) mass is 294 g/mol. The summed E-state index contributed by atoms with van der Waals surface area (Å²) in [6, 6.07) is 0. The van der Waals surface area contributed by atoms with E-state index in [1.807, 2.05) is 0 Å². The maximum atomic E-state index is 11.0. The maximum absolute atomic E-state index is 11.0. The van der Waals surface area contributed by atoms with Crippen molar-refractivity contribution < 1.29 is 9.53 Å². The Morgan fingerprint density at radius 3 is 1.95 bits per heavy atom. The van der Waals surface area contributed by atoms with E-state index < -0.39 is 0 Å². The van der Waals surface area contributed by atoms with Crippen LogP contribution in [0.5, 0.6) is 0 Å². The van der Waals surface area contributed by atoms with Crippen molar-refractivity contribution in [1.82, 2.24) is 0 Å². The van der Waals surface area contributed by atoms with E-state index in [-0.39, 0.29) is 5.97 Å². The first-order valence-corrected chi connectivity index (χ1v) is 9.04. The van der Waals surface area contributed by atoms with E-state index in [1.165, 1.54) is 77.7 Å². The first-order valence-electron chi connectivity index (χ1n) is 9.04. The van der Waals surface area contributed by atoms with Crippen molar-refractivity contribution in [3.05, 3.63) is 11.1 Å². The van der Waals surface area contributed by atoms with Gasteiger partial charge in [0.1, 0.15) is 0 Å². The van der Waals surface area contributed by atoms with Crippen LogP contribution in [-0.4, -0.2) is 13.1 Å². The number of esters is 1. The van der Waals surface area contributed by atoms with Crippen LogP contribution in [0.15, 0.2) is 11.1 Å². The van der Waals surface area contributed by atoms with Crippen molar-refractivity contribution in [1.29, 1.82) is 0 Å². The fourth-order valence-corrected chi connectivity index (χ4v) is 2.93. The minimum atomic E-state index is -0.0684. The Labute approximate surface area is 131 Å². The zero-order valence-electron chi connectivity index (χ0n) is 14.2. The molecule has 0 fully saturated rings. The van der Waals surface area contributed by atoms with E-state index in [0.29, 0.717) is 6.42 Å². The summed E-state index contributed by atoms with van der Waals surface area (Å²) in [4.78, 5) is 11.0. The van der Waals surface area contributed by atoms with Gasteiger partial charge in [-0.3, -0.25) is 4.79 Å². The van der Waals surface area contributed by atoms with Crippen LogP contribution in [0.2, 0.25) is 0 Å². The van der Waals surface area contributed by atoms with Crippen LogP contribution in [0.4, 0.5) is 0 Å². The quantitative estimate of drug-likeness (QED) is 0.225. The highest BCUT2D eigenvalue weighted by atomic mass is 16.5. The number of unbranched alkanes of at least 4 members (excludes halogenated alkanes) is 8. The van der Waals surface area contributed by atoms with Crippen LogP contribution in [-0.2, 0) is 9.53 Å². The van der Waals surface area contributed by atoms with Gasteiger partial charge in [-0.1, -0.05) is 63.0 Å². The molecule has 0 aromatic rings. The number of ether oxygens (including phenoxy) is 1. The third-order valence-corrected chi connectivity index (χ3v) is 4.47. The third-order valence-electron chi connectivity index (χ3n) is 4.47. The molecule has 0 bridgehead atoms. The van der Waals surface area contributed by atoms with Crippen LogP contribution in [0.1, 0.15) is 96.8 Å². The Balaban J connectivity index is 1.86. The minimum absolute atomic E-state index is 0.0684. The van der Waals surface area contributed by atoms with Crippen molar-refractivity contribution in [3.63, 3.8) is 0 Å². The van der Waals surface area contributed by atoms with E-state index >= 15 is 0 Å². The summed E-state index contributed by atoms with van der Waals surface area (Å²) in [5, 5.41) is 0. The minimum Gasteiger partial charge on any atom is -0.469 e. The molecule has 0 spiro atoms. The fourth-order valence-electron chi connectivity index (χ4n) is 2.93. The van der Waals surface area contributed by atoms with E-state index in [1.54, 1.807) is 11.1 Å². The number of hydrogen-bond acceptors (Lipinski definition) is 2. The number of hydrogen-bond donors (Lipinski definition) is 0. The number of methoxy groups -OCH3 is 1. The van der Waals surface area contributed by atoms with Crippen molar-refractivity contribution in [2.45, 2.75) is 96.8 Å². The molecule has 122 valence electrons. The predicted octanol–water partition coefficient (Wildman–Crippen LogP) is 5.95. The average molecular weight is 294 g/mol. The molecule has 0 heterocycles. The summed E-state index contributed by atoms with van der Waals surface area (Å²) in [6.45, 7) is 2.27. The molecule has 0 radical (unpaired) electrons. The van der Waals surface area contributed by atoms with Crippen LogP contribution in [0.3, 0.4) is 0 Å². The Morgan fingerprint density at radius 2 is 1.38 bits per heavy atom. The first kappa shape index (κ1) is 18.3. The van der Waals surface area contributed by atoms with Gasteiger partial charge in [-0.25, -0.2) is 0 Å². The summed E-state index contributed by atoms with van der Waals surface area (Å²) in [5.74, 6) is -0.0684. The van der Waals surface area contributed by atoms with Crippen LogP contribution >= 0.6 is 0 Å². The third kappa shape index (κ3) is 9.71. The molecular weight excluding hydrogens is 260 g/mol. The summed E-state index contributed by atoms with van der Waals surface area (Å²) in [5.41, 5.74) is 3.51. The lowest BCUT2D eigenvalue weighted by Crippen LogP contribution is -1.98. The van der Waals surface area contributed by atoms with Gasteiger partial charge >= 0.3 is 5.97 Å². The summed E-state index contributed by atoms with van der Waals surface area (Å²) >= 11 is 0. The van der Waals surface area contributed by atoms with Crippen molar-refractivity contribution in [2.75, 3.05) is 7.11 Å². The fraction of sp³-hybridized carbons (Fsp3) is 0.842. The Bertz CT molecular complexity index is 318. The molecule has 1 rings (SSSR count). The van der Waals surface area contributed by atoms with Gasteiger partial charge in [-0.15, -0.1) is 0 Å². The SMILES string of the molecule is CCCCCCCCC1=C(CCCCCCC(=O)OC)C1. The van der Waals surface area contributed by atoms with Crippen LogP contribution in [0, 0.1) is 0 Å². The molecule has 2 nitrogen and oxygen atoms in total. The predicted molar refractivity (Wildman–Crippen MR) is 89.4 cm³/mol. The van der Waals surface area contributed by atoms with Gasteiger partial charge in [-0.05, 0) is 38.5 Å². The van der Waals surface area contributed by atoms with Crippen molar-refractivity contribution >= 4 is 5.97 Å². The lowest BCUT2D eigenvalue weighted by molar-refractivity contribution is -0.140. The number of carbonyl (C=O) groups excluding carboxylic acids is 1. The van der Waals surface area contributed by atoms with Gasteiger partial charge in [0.2, 0.25) is 0 Å². The van der Waals surface area contributed by atoms with Crippen molar-refractivity contribution in [3.8, 4) is 0 Å². The van der Waals surface area contributed by atoms with Gasteiger partial charge in [0.05, 0.1) is 7.11 Å². The molecule has 0 aromatic carbocycles. The average Bonchev–Trinajstić information content (AvgIpc) is 3.24. The molecule has 0 atom stereocenters. The highest BCUT2D eigenvalue weighted by Crippen LogP contribution is 2.38. The zero-order chi connectivity index (χ0) is 15.3. The molecule has 1 aliphatic rings. The highest BCUT2D eigenvalue weighted by molar-refractivity contribution is 5.68. The summed E-state index contributed by atoms with van der Waals surface area (Å²) in [6.07, 6.45) is 17.7. The highest BCUT2D eigenvalue weighted by Gasteiger charge is 2.19. The van der Waals surface area contributed by atoms with Crippen molar-refractivity contribution in [2.24, 2.45) is 0 Å². The van der Waals surface area contributed by atoms with Gasteiger partial charge in [0, 0.05) is 6.42 Å². The lowest BCUT2D eigenvalue weighted by Gasteiger charge is -1.99. The first-order chi connectivity index (χ1) is 10.3. The Hall–Kier alpha value is -0.790. The van der Waals surface area contributed by atoms with Crippen LogP contribution < -0.4 is 0 Å². The zero-order valence-corrected chi connectivity index (χ0v) is 14.2. The van der Waals surface area contributed by atoms with E-state index in [9.17, 15) is 4.79 Å². The van der Waals surface area contributed by atoms with E-state index in [2.05, 4.69) is 11.7 Å². The second-order valence-electron chi connectivity index (χ2n) is 6.39. The Morgan fingerprint density at radius 1 is 0.857 bits per heavy atom. The molecule has 1 aliphatic carbocycles. The lowest BCUT2D eigenvalue weighted by atomic mass is 10.1. The molecule has 0 aromatic heterocycles. The molecule has 21 heavy (non-hydrogen) atoms. The van der Waals surface area contributed by atoms with Gasteiger partial charge in [-0.2, -0.15) is 0 Å². The largest absolute Gasteiger partial charge is 0.469 e. The standard InChI is InChI=1S/C19H34O2/c1-3-4-5-6-7-10-13-17-16-18(17)14-11-8-9-12-15-19(20)21-2/h3-16H2,1-2H3. The Kier molecular flexibility index (Phi) is 10.3. The van der Waals surface area contributed by atoms with Gasteiger partial charge in [0.25, 0.3) is 0 Å². The molecule has 2 heteroatoms. The van der Waals surface area contributed by atoms with Crippen LogP contribution in [0.25, 0.3) is 0 Å². The second-order valence-corrected chi connectivity index (χ2v) is 6.39. The van der Waals surface area contributed by atoms with E-state index in [0.717, 1.165) is 12.8 Å². The molecule has 0 amide bonds. The molecule has 0 N–H and O–H groups in total. The molecule has 0 saturated heterocycles. The molecular formula is C19H34O2. The van der Waals surface area contributed by atoms with Gasteiger partial charge < -0.3 is 4.74 Å².